The summed E-state index contributed by atoms with van der Waals surface area (Å²) in [4.78, 5) is 19.5. The number of ether oxygens (including phenoxy) is 1. The number of carboxylic acid groups (broad SMARTS) is 1. The van der Waals surface area contributed by atoms with Crippen molar-refractivity contribution in [2.75, 3.05) is 31.7 Å². The molecule has 21 heavy (non-hydrogen) atoms. The maximum atomic E-state index is 11.4. The minimum absolute atomic E-state index is 0.398. The van der Waals surface area contributed by atoms with Crippen LogP contribution in [0, 0.1) is 5.92 Å². The van der Waals surface area contributed by atoms with Crippen LogP contribution in [0.2, 0.25) is 0 Å². The van der Waals surface area contributed by atoms with Crippen molar-refractivity contribution in [2.45, 2.75) is 38.0 Å². The number of aromatic nitrogens is 1. The number of hydrogen-bond acceptors (Lipinski definition) is 5. The summed E-state index contributed by atoms with van der Waals surface area (Å²) < 4.78 is 5.23. The quantitative estimate of drug-likeness (QED) is 0.926. The second kappa shape index (κ2) is 6.32. The number of rotatable bonds is 4. The second-order valence-corrected chi connectivity index (χ2v) is 7.04. The molecule has 0 radical (unpaired) electrons. The van der Waals surface area contributed by atoms with Gasteiger partial charge < -0.3 is 14.7 Å². The molecule has 0 bridgehead atoms. The predicted octanol–water partition coefficient (Wildman–Crippen LogP) is 2.51. The Morgan fingerprint density at radius 1 is 1.43 bits per heavy atom. The minimum atomic E-state index is -0.730. The zero-order valence-corrected chi connectivity index (χ0v) is 13.2. The Bertz CT molecular complexity index is 509. The molecule has 0 amide bonds. The molecule has 1 aromatic rings. The standard InChI is InChI=1S/C15H22N2O3S/c1-20-9-10-5-7-17(8-6-10)15-16-13-11(14(18)19)3-2-4-12(13)21-15/h10-11H,2-9H2,1H3,(H,18,19). The molecule has 1 aromatic heterocycles. The van der Waals surface area contributed by atoms with E-state index in [1.165, 1.54) is 4.88 Å². The van der Waals surface area contributed by atoms with Crippen LogP contribution in [0.25, 0.3) is 0 Å². The van der Waals surface area contributed by atoms with Crippen LogP contribution in [0.4, 0.5) is 5.13 Å². The topological polar surface area (TPSA) is 62.7 Å². The van der Waals surface area contributed by atoms with E-state index in [1.54, 1.807) is 18.4 Å². The zero-order valence-electron chi connectivity index (χ0n) is 12.4. The average molecular weight is 310 g/mol. The van der Waals surface area contributed by atoms with E-state index >= 15 is 0 Å². The third-order valence-corrected chi connectivity index (χ3v) is 5.72. The van der Waals surface area contributed by atoms with Crippen LogP contribution in [-0.2, 0) is 16.0 Å². The van der Waals surface area contributed by atoms with Crippen LogP contribution in [0.15, 0.2) is 0 Å². The van der Waals surface area contributed by atoms with Gasteiger partial charge in [0.1, 0.15) is 5.92 Å². The lowest BCUT2D eigenvalue weighted by molar-refractivity contribution is -0.139. The van der Waals surface area contributed by atoms with E-state index in [-0.39, 0.29) is 0 Å². The van der Waals surface area contributed by atoms with Crippen LogP contribution in [0.3, 0.4) is 0 Å². The van der Waals surface area contributed by atoms with Gasteiger partial charge in [-0.3, -0.25) is 4.79 Å². The molecule has 3 rings (SSSR count). The maximum Gasteiger partial charge on any atom is 0.312 e. The normalized spacial score (nSPS) is 23.1. The van der Waals surface area contributed by atoms with Gasteiger partial charge in [0.15, 0.2) is 5.13 Å². The van der Waals surface area contributed by atoms with Crippen molar-refractivity contribution in [3.8, 4) is 0 Å². The highest BCUT2D eigenvalue weighted by atomic mass is 32.1. The summed E-state index contributed by atoms with van der Waals surface area (Å²) in [5.74, 6) is -0.482. The van der Waals surface area contributed by atoms with Crippen molar-refractivity contribution in [3.05, 3.63) is 10.6 Å². The Morgan fingerprint density at radius 3 is 2.86 bits per heavy atom. The van der Waals surface area contributed by atoms with Gasteiger partial charge in [-0.15, -0.1) is 11.3 Å². The number of anilines is 1. The Hall–Kier alpha value is -1.14. The minimum Gasteiger partial charge on any atom is -0.481 e. The number of carboxylic acids is 1. The number of methoxy groups -OCH3 is 1. The van der Waals surface area contributed by atoms with E-state index in [9.17, 15) is 9.90 Å². The molecule has 0 aromatic carbocycles. The lowest BCUT2D eigenvalue weighted by Crippen LogP contribution is -2.35. The third kappa shape index (κ3) is 3.06. The predicted molar refractivity (Wildman–Crippen MR) is 82.2 cm³/mol. The monoisotopic (exact) mass is 310 g/mol. The Balaban J connectivity index is 1.72. The van der Waals surface area contributed by atoms with Crippen molar-refractivity contribution < 1.29 is 14.6 Å². The van der Waals surface area contributed by atoms with Crippen LogP contribution in [0.5, 0.6) is 0 Å². The molecule has 1 fully saturated rings. The van der Waals surface area contributed by atoms with Crippen molar-refractivity contribution in [1.82, 2.24) is 4.98 Å². The van der Waals surface area contributed by atoms with Gasteiger partial charge >= 0.3 is 5.97 Å². The Labute approximate surface area is 128 Å². The third-order valence-electron chi connectivity index (χ3n) is 4.53. The van der Waals surface area contributed by atoms with E-state index in [2.05, 4.69) is 9.88 Å². The number of aryl methyl sites for hydroxylation is 1. The second-order valence-electron chi connectivity index (χ2n) is 5.97. The molecule has 1 aliphatic heterocycles. The first-order chi connectivity index (χ1) is 10.2. The van der Waals surface area contributed by atoms with Crippen molar-refractivity contribution in [3.63, 3.8) is 0 Å². The first-order valence-corrected chi connectivity index (χ1v) is 8.47. The van der Waals surface area contributed by atoms with Gasteiger partial charge in [-0.1, -0.05) is 0 Å². The molecular formula is C15H22N2O3S. The average Bonchev–Trinajstić information content (AvgIpc) is 2.92. The fourth-order valence-electron chi connectivity index (χ4n) is 3.31. The number of carbonyl (C=O) groups is 1. The molecule has 2 heterocycles. The molecule has 6 heteroatoms. The van der Waals surface area contributed by atoms with Gasteiger partial charge in [0, 0.05) is 31.7 Å². The molecule has 0 saturated carbocycles. The molecule has 0 spiro atoms. The van der Waals surface area contributed by atoms with Gasteiger partial charge in [0.2, 0.25) is 0 Å². The summed E-state index contributed by atoms with van der Waals surface area (Å²) in [5, 5.41) is 10.4. The van der Waals surface area contributed by atoms with E-state index in [1.807, 2.05) is 0 Å². The summed E-state index contributed by atoms with van der Waals surface area (Å²) >= 11 is 1.70. The largest absolute Gasteiger partial charge is 0.481 e. The molecule has 1 aliphatic carbocycles. The smallest absolute Gasteiger partial charge is 0.312 e. The number of fused-ring (bicyclic) bond motifs is 1. The molecule has 1 unspecified atom stereocenters. The molecule has 116 valence electrons. The Morgan fingerprint density at radius 2 is 2.19 bits per heavy atom. The zero-order chi connectivity index (χ0) is 14.8. The van der Waals surface area contributed by atoms with Gasteiger partial charge in [0.25, 0.3) is 0 Å². The number of nitrogens with zero attached hydrogens (tertiary/aromatic N) is 2. The lowest BCUT2D eigenvalue weighted by Gasteiger charge is -2.31. The number of thiazole rings is 1. The highest BCUT2D eigenvalue weighted by Gasteiger charge is 2.31. The van der Waals surface area contributed by atoms with Crippen molar-refractivity contribution in [1.29, 1.82) is 0 Å². The fraction of sp³-hybridized carbons (Fsp3) is 0.733. The first-order valence-electron chi connectivity index (χ1n) is 7.65. The molecule has 2 aliphatic rings. The van der Waals surface area contributed by atoms with Crippen LogP contribution < -0.4 is 4.90 Å². The first kappa shape index (κ1) is 14.8. The van der Waals surface area contributed by atoms with Crippen molar-refractivity contribution in [2.24, 2.45) is 5.92 Å². The summed E-state index contributed by atoms with van der Waals surface area (Å²) in [7, 11) is 1.76. The van der Waals surface area contributed by atoms with E-state index < -0.39 is 11.9 Å². The summed E-state index contributed by atoms with van der Waals surface area (Å²) in [5.41, 5.74) is 0.827. The summed E-state index contributed by atoms with van der Waals surface area (Å²) in [6, 6.07) is 0. The molecular weight excluding hydrogens is 288 g/mol. The van der Waals surface area contributed by atoms with E-state index in [0.717, 1.165) is 62.6 Å². The molecule has 5 nitrogen and oxygen atoms in total. The van der Waals surface area contributed by atoms with Gasteiger partial charge in [0.05, 0.1) is 5.69 Å². The molecule has 1 atom stereocenters. The van der Waals surface area contributed by atoms with E-state index in [4.69, 9.17) is 4.74 Å². The summed E-state index contributed by atoms with van der Waals surface area (Å²) in [6.07, 6.45) is 4.92. The number of hydrogen-bond donors (Lipinski definition) is 1. The molecule has 1 N–H and O–H groups in total. The van der Waals surface area contributed by atoms with Crippen LogP contribution >= 0.6 is 11.3 Å². The van der Waals surface area contributed by atoms with Gasteiger partial charge in [-0.2, -0.15) is 0 Å². The van der Waals surface area contributed by atoms with Crippen LogP contribution in [-0.4, -0.2) is 42.9 Å². The maximum absolute atomic E-state index is 11.4. The highest BCUT2D eigenvalue weighted by molar-refractivity contribution is 7.15. The van der Waals surface area contributed by atoms with Crippen molar-refractivity contribution >= 4 is 22.4 Å². The lowest BCUT2D eigenvalue weighted by atomic mass is 9.91. The fourth-order valence-corrected chi connectivity index (χ4v) is 4.52. The van der Waals surface area contributed by atoms with Gasteiger partial charge in [-0.05, 0) is 38.0 Å². The van der Waals surface area contributed by atoms with E-state index in [0.29, 0.717) is 5.92 Å². The molecule has 1 saturated heterocycles. The highest BCUT2D eigenvalue weighted by Crippen LogP contribution is 2.38. The SMILES string of the molecule is COCC1CCN(c2nc3c(s2)CCCC3C(=O)O)CC1. The number of piperidine rings is 1. The Kier molecular flexibility index (Phi) is 4.45. The van der Waals surface area contributed by atoms with Crippen LogP contribution in [0.1, 0.15) is 42.2 Å². The number of aliphatic carboxylic acids is 1. The summed E-state index contributed by atoms with van der Waals surface area (Å²) in [6.45, 7) is 2.83. The van der Waals surface area contributed by atoms with Gasteiger partial charge in [-0.25, -0.2) is 4.98 Å².